The van der Waals surface area contributed by atoms with Crippen molar-refractivity contribution in [3.8, 4) is 0 Å². The van der Waals surface area contributed by atoms with E-state index < -0.39 is 6.09 Å². The van der Waals surface area contributed by atoms with Crippen LogP contribution in [0.3, 0.4) is 0 Å². The Kier molecular flexibility index (Phi) is 4.47. The van der Waals surface area contributed by atoms with Crippen LogP contribution in [0.1, 0.15) is 6.92 Å². The third-order valence-electron chi connectivity index (χ3n) is 1.22. The molecule has 14 heavy (non-hydrogen) atoms. The molecule has 0 aliphatic rings. The molecular formula is C6H10N4O2S2. The Morgan fingerprint density at radius 2 is 2.64 bits per heavy atom. The van der Waals surface area contributed by atoms with Crippen molar-refractivity contribution < 1.29 is 9.90 Å². The molecule has 0 aliphatic heterocycles. The molecule has 0 saturated carbocycles. The molecule has 0 spiro atoms. The molecule has 1 aromatic rings. The summed E-state index contributed by atoms with van der Waals surface area (Å²) in [7, 11) is 0. The summed E-state index contributed by atoms with van der Waals surface area (Å²) in [4.78, 5) is 10.3. The third-order valence-corrected chi connectivity index (χ3v) is 2.92. The van der Waals surface area contributed by atoms with Crippen molar-refractivity contribution in [1.82, 2.24) is 15.5 Å². The van der Waals surface area contributed by atoms with Crippen molar-refractivity contribution in [3.05, 3.63) is 5.51 Å². The summed E-state index contributed by atoms with van der Waals surface area (Å²) in [6.07, 6.45) is -1.05. The number of hydrogen-bond donors (Lipinski definition) is 2. The van der Waals surface area contributed by atoms with Crippen LogP contribution in [-0.4, -0.2) is 33.8 Å². The van der Waals surface area contributed by atoms with Crippen molar-refractivity contribution in [2.24, 2.45) is 0 Å². The Labute approximate surface area is 89.5 Å². The summed E-state index contributed by atoms with van der Waals surface area (Å²) in [6.45, 7) is 2.20. The molecule has 2 N–H and O–H groups in total. The van der Waals surface area contributed by atoms with Crippen LogP contribution in [0.5, 0.6) is 0 Å². The second-order valence-corrected chi connectivity index (χ2v) is 4.25. The lowest BCUT2D eigenvalue weighted by Crippen LogP contribution is -2.33. The molecule has 0 aliphatic carbocycles. The first-order chi connectivity index (χ1) is 6.74. The summed E-state index contributed by atoms with van der Waals surface area (Å²) in [5.41, 5.74) is 1.61. The number of nitrogens with one attached hydrogen (secondary N) is 1. The molecule has 6 nitrogen and oxygen atoms in total. The van der Waals surface area contributed by atoms with Crippen LogP contribution in [0.2, 0.25) is 0 Å². The Morgan fingerprint density at radius 1 is 1.86 bits per heavy atom. The topological polar surface area (TPSA) is 78.4 Å². The molecule has 0 atom stereocenters. The smallest absolute Gasteiger partial charge is 0.406 e. The van der Waals surface area contributed by atoms with Gasteiger partial charge in [-0.2, -0.15) is 0 Å². The van der Waals surface area contributed by atoms with E-state index in [2.05, 4.69) is 15.5 Å². The molecule has 1 aromatic heterocycles. The van der Waals surface area contributed by atoms with Gasteiger partial charge in [0.1, 0.15) is 12.2 Å². The van der Waals surface area contributed by atoms with Gasteiger partial charge in [-0.25, -0.2) is 4.79 Å². The van der Waals surface area contributed by atoms with Crippen LogP contribution < -0.4 is 9.62 Å². The summed E-state index contributed by atoms with van der Waals surface area (Å²) < 4.78 is 1.76. The molecule has 0 unspecified atom stereocenters. The molecule has 1 rings (SSSR count). The van der Waals surface area contributed by atoms with E-state index in [-0.39, 0.29) is 6.67 Å². The molecule has 78 valence electrons. The highest BCUT2D eigenvalue weighted by Crippen LogP contribution is 2.22. The molecule has 0 aromatic carbocycles. The van der Waals surface area contributed by atoms with E-state index in [9.17, 15) is 4.79 Å². The van der Waals surface area contributed by atoms with E-state index in [1.165, 1.54) is 23.3 Å². The van der Waals surface area contributed by atoms with Gasteiger partial charge < -0.3 is 10.4 Å². The molecule has 1 heterocycles. The number of hydrogen-bond acceptors (Lipinski definition) is 6. The van der Waals surface area contributed by atoms with Crippen LogP contribution >= 0.6 is 23.3 Å². The van der Waals surface area contributed by atoms with Gasteiger partial charge in [-0.1, -0.05) is 18.3 Å². The Bertz CT molecular complexity index is 279. The molecule has 8 heteroatoms. The maximum Gasteiger partial charge on any atom is 0.406 e. The van der Waals surface area contributed by atoms with E-state index in [4.69, 9.17) is 5.11 Å². The van der Waals surface area contributed by atoms with Gasteiger partial charge in [0.25, 0.3) is 0 Å². The van der Waals surface area contributed by atoms with Crippen LogP contribution in [0, 0.1) is 0 Å². The fourth-order valence-electron chi connectivity index (χ4n) is 0.740. The average molecular weight is 234 g/mol. The highest BCUT2D eigenvalue weighted by molar-refractivity contribution is 8.00. The lowest BCUT2D eigenvalue weighted by atomic mass is 10.9. The number of rotatable bonds is 5. The first kappa shape index (κ1) is 11.1. The number of nitrogens with zero attached hydrogens (tertiary/aromatic N) is 3. The van der Waals surface area contributed by atoms with Crippen LogP contribution in [0.25, 0.3) is 0 Å². The fraction of sp³-hybridized carbons (Fsp3) is 0.500. The summed E-state index contributed by atoms with van der Waals surface area (Å²) in [5.74, 6) is 0.848. The predicted octanol–water partition coefficient (Wildman–Crippen LogP) is 1.24. The molecular weight excluding hydrogens is 224 g/mol. The zero-order valence-corrected chi connectivity index (χ0v) is 9.14. The zero-order valence-electron chi connectivity index (χ0n) is 7.51. The van der Waals surface area contributed by atoms with Gasteiger partial charge in [-0.15, -0.1) is 10.2 Å². The second kappa shape index (κ2) is 5.66. The molecule has 0 fully saturated rings. The number of anilines is 1. The van der Waals surface area contributed by atoms with E-state index in [1.807, 2.05) is 6.92 Å². The molecule has 0 bridgehead atoms. The summed E-state index contributed by atoms with van der Waals surface area (Å²) >= 11 is 2.86. The maximum atomic E-state index is 10.3. The standard InChI is InChI=1S/C6H10N4O2S2/c1-2-14-10(3-7-6(11)12)5-9-8-4-13-5/h4,7H,2-3H2,1H3,(H,11,12). The Morgan fingerprint density at radius 3 is 3.14 bits per heavy atom. The Hall–Kier alpha value is -1.02. The number of amides is 1. The van der Waals surface area contributed by atoms with Crippen molar-refractivity contribution >= 4 is 34.5 Å². The Balaban J connectivity index is 2.51. The van der Waals surface area contributed by atoms with E-state index >= 15 is 0 Å². The average Bonchev–Trinajstić information content (AvgIpc) is 2.64. The van der Waals surface area contributed by atoms with E-state index in [0.717, 1.165) is 5.75 Å². The number of carboxylic acid groups (broad SMARTS) is 1. The van der Waals surface area contributed by atoms with Gasteiger partial charge >= 0.3 is 6.09 Å². The van der Waals surface area contributed by atoms with Gasteiger partial charge in [0.2, 0.25) is 5.13 Å². The minimum Gasteiger partial charge on any atom is -0.465 e. The minimum atomic E-state index is -1.05. The van der Waals surface area contributed by atoms with Crippen molar-refractivity contribution in [2.45, 2.75) is 6.92 Å². The fourth-order valence-corrected chi connectivity index (χ4v) is 2.11. The van der Waals surface area contributed by atoms with Gasteiger partial charge in [0, 0.05) is 5.75 Å². The number of aromatic nitrogens is 2. The lowest BCUT2D eigenvalue weighted by molar-refractivity contribution is 0.195. The normalized spacial score (nSPS) is 9.79. The van der Waals surface area contributed by atoms with Crippen LogP contribution in [0.15, 0.2) is 5.51 Å². The lowest BCUT2D eigenvalue weighted by Gasteiger charge is -2.18. The van der Waals surface area contributed by atoms with E-state index in [1.54, 1.807) is 9.82 Å². The third kappa shape index (κ3) is 3.38. The molecule has 0 radical (unpaired) electrons. The summed E-state index contributed by atoms with van der Waals surface area (Å²) in [6, 6.07) is 0. The summed E-state index contributed by atoms with van der Waals surface area (Å²) in [5, 5.41) is 19.0. The van der Waals surface area contributed by atoms with Crippen LogP contribution in [-0.2, 0) is 0 Å². The van der Waals surface area contributed by atoms with Crippen molar-refractivity contribution in [2.75, 3.05) is 16.7 Å². The monoisotopic (exact) mass is 234 g/mol. The zero-order chi connectivity index (χ0) is 10.4. The van der Waals surface area contributed by atoms with E-state index in [0.29, 0.717) is 5.13 Å². The van der Waals surface area contributed by atoms with Crippen LogP contribution in [0.4, 0.5) is 9.93 Å². The van der Waals surface area contributed by atoms with Gasteiger partial charge in [-0.05, 0) is 11.9 Å². The van der Waals surface area contributed by atoms with Gasteiger partial charge in [0.15, 0.2) is 0 Å². The van der Waals surface area contributed by atoms with Crippen molar-refractivity contribution in [1.29, 1.82) is 0 Å². The van der Waals surface area contributed by atoms with Crippen molar-refractivity contribution in [3.63, 3.8) is 0 Å². The molecule has 1 amide bonds. The highest BCUT2D eigenvalue weighted by Gasteiger charge is 2.10. The quantitative estimate of drug-likeness (QED) is 0.589. The first-order valence-corrected chi connectivity index (χ1v) is 5.69. The largest absolute Gasteiger partial charge is 0.465 e. The highest BCUT2D eigenvalue weighted by atomic mass is 32.2. The molecule has 0 saturated heterocycles. The minimum absolute atomic E-state index is 0.211. The van der Waals surface area contributed by atoms with Gasteiger partial charge in [-0.3, -0.25) is 4.31 Å². The predicted molar refractivity (Wildman–Crippen MR) is 56.5 cm³/mol. The second-order valence-electron chi connectivity index (χ2n) is 2.16. The first-order valence-electron chi connectivity index (χ1n) is 3.87. The SMILES string of the molecule is CCSN(CNC(=O)O)c1nncs1. The van der Waals surface area contributed by atoms with Gasteiger partial charge in [0.05, 0.1) is 0 Å². The maximum absolute atomic E-state index is 10.3. The number of carbonyl (C=O) groups is 1.